The maximum Gasteiger partial charge on any atom is 0.407 e. The fourth-order valence-corrected chi connectivity index (χ4v) is 2.70. The highest BCUT2D eigenvalue weighted by Crippen LogP contribution is 2.17. The van der Waals surface area contributed by atoms with E-state index in [0.29, 0.717) is 19.6 Å². The van der Waals surface area contributed by atoms with Gasteiger partial charge in [-0.25, -0.2) is 4.79 Å². The average Bonchev–Trinajstić information content (AvgIpc) is 3.06. The second-order valence-electron chi connectivity index (χ2n) is 6.65. The Morgan fingerprint density at radius 3 is 2.71 bits per heavy atom. The molecule has 0 aromatic heterocycles. The van der Waals surface area contributed by atoms with Gasteiger partial charge in [0.1, 0.15) is 6.61 Å². The highest BCUT2D eigenvalue weighted by molar-refractivity contribution is 5.82. The second-order valence-corrected chi connectivity index (χ2v) is 6.65. The highest BCUT2D eigenvalue weighted by Gasteiger charge is 2.30. The molecule has 0 radical (unpaired) electrons. The minimum atomic E-state index is -0.451. The first kappa shape index (κ1) is 18.3. The number of hydrogen-bond donors (Lipinski definition) is 2. The lowest BCUT2D eigenvalue weighted by Crippen LogP contribution is -2.45. The van der Waals surface area contributed by atoms with Crippen LogP contribution in [-0.2, 0) is 16.1 Å². The number of amides is 2. The van der Waals surface area contributed by atoms with Crippen molar-refractivity contribution in [1.29, 1.82) is 0 Å². The maximum atomic E-state index is 12.2. The number of carbonyl (C=O) groups excluding carboxylic acids is 2. The first-order chi connectivity index (χ1) is 11.5. The molecule has 1 fully saturated rings. The molecule has 3 N–H and O–H groups in total. The lowest BCUT2D eigenvalue weighted by Gasteiger charge is -2.23. The van der Waals surface area contributed by atoms with Crippen LogP contribution in [0.25, 0.3) is 0 Å². The van der Waals surface area contributed by atoms with E-state index in [1.54, 1.807) is 4.90 Å². The Kier molecular flexibility index (Phi) is 6.61. The van der Waals surface area contributed by atoms with Crippen molar-refractivity contribution in [1.82, 2.24) is 10.2 Å². The number of alkyl carbamates (subject to hydrolysis) is 1. The third-order valence-electron chi connectivity index (χ3n) is 4.35. The highest BCUT2D eigenvalue weighted by atomic mass is 16.5. The third kappa shape index (κ3) is 5.23. The largest absolute Gasteiger partial charge is 0.445 e. The van der Waals surface area contributed by atoms with Crippen molar-refractivity contribution in [2.45, 2.75) is 32.9 Å². The number of carbonyl (C=O) groups is 2. The van der Waals surface area contributed by atoms with Gasteiger partial charge in [0.15, 0.2) is 0 Å². The van der Waals surface area contributed by atoms with Crippen LogP contribution in [0.2, 0.25) is 0 Å². The minimum Gasteiger partial charge on any atom is -0.445 e. The Morgan fingerprint density at radius 2 is 2.04 bits per heavy atom. The summed E-state index contributed by atoms with van der Waals surface area (Å²) in [6.45, 7) is 5.99. The van der Waals surface area contributed by atoms with Crippen molar-refractivity contribution in [3.63, 3.8) is 0 Å². The van der Waals surface area contributed by atoms with Crippen LogP contribution < -0.4 is 11.1 Å². The third-order valence-corrected chi connectivity index (χ3v) is 4.35. The summed E-state index contributed by atoms with van der Waals surface area (Å²) >= 11 is 0. The van der Waals surface area contributed by atoms with Gasteiger partial charge in [-0.3, -0.25) is 4.79 Å². The van der Waals surface area contributed by atoms with E-state index >= 15 is 0 Å². The van der Waals surface area contributed by atoms with Crippen molar-refractivity contribution >= 4 is 12.0 Å². The molecule has 0 bridgehead atoms. The summed E-state index contributed by atoms with van der Waals surface area (Å²) in [6, 6.07) is 9.09. The predicted molar refractivity (Wildman–Crippen MR) is 92.1 cm³/mol. The van der Waals surface area contributed by atoms with Gasteiger partial charge in [0.2, 0.25) is 5.91 Å². The summed E-state index contributed by atoms with van der Waals surface area (Å²) < 4.78 is 5.18. The number of nitrogens with two attached hydrogens (primary N) is 1. The summed E-state index contributed by atoms with van der Waals surface area (Å²) in [5.41, 5.74) is 6.87. The molecule has 2 rings (SSSR count). The van der Waals surface area contributed by atoms with Gasteiger partial charge in [-0.15, -0.1) is 0 Å². The van der Waals surface area contributed by atoms with Crippen molar-refractivity contribution in [3.8, 4) is 0 Å². The quantitative estimate of drug-likeness (QED) is 0.830. The van der Waals surface area contributed by atoms with Crippen LogP contribution >= 0.6 is 0 Å². The Labute approximate surface area is 143 Å². The molecule has 2 amide bonds. The molecule has 6 nitrogen and oxygen atoms in total. The van der Waals surface area contributed by atoms with Gasteiger partial charge in [-0.1, -0.05) is 44.2 Å². The number of ether oxygens (including phenoxy) is 1. The average molecular weight is 333 g/mol. The Hall–Kier alpha value is -2.08. The van der Waals surface area contributed by atoms with Crippen molar-refractivity contribution < 1.29 is 14.3 Å². The second kappa shape index (κ2) is 8.68. The SMILES string of the molecule is CC(C)[C@H](N)C(=O)N1CC[C@@H](CNC(=O)OCc2ccccc2)C1. The first-order valence-corrected chi connectivity index (χ1v) is 8.46. The molecule has 0 unspecified atom stereocenters. The summed E-state index contributed by atoms with van der Waals surface area (Å²) in [5, 5.41) is 2.78. The van der Waals surface area contributed by atoms with Crippen molar-refractivity contribution in [3.05, 3.63) is 35.9 Å². The molecule has 132 valence electrons. The van der Waals surface area contributed by atoms with Crippen LogP contribution in [0.3, 0.4) is 0 Å². The monoisotopic (exact) mass is 333 g/mol. The first-order valence-electron chi connectivity index (χ1n) is 8.46. The molecule has 1 heterocycles. The summed E-state index contributed by atoms with van der Waals surface area (Å²) in [6.07, 6.45) is 0.442. The minimum absolute atomic E-state index is 0.000783. The lowest BCUT2D eigenvalue weighted by molar-refractivity contribution is -0.132. The predicted octanol–water partition coefficient (Wildman–Crippen LogP) is 1.74. The Balaban J connectivity index is 1.68. The van der Waals surface area contributed by atoms with E-state index in [1.165, 1.54) is 0 Å². The molecule has 6 heteroatoms. The Bertz CT molecular complexity index is 548. The van der Waals surface area contributed by atoms with Crippen molar-refractivity contribution in [2.75, 3.05) is 19.6 Å². The Morgan fingerprint density at radius 1 is 1.33 bits per heavy atom. The molecule has 1 aromatic rings. The van der Waals surface area contributed by atoms with E-state index in [4.69, 9.17) is 10.5 Å². The van der Waals surface area contributed by atoms with E-state index in [-0.39, 0.29) is 24.3 Å². The number of nitrogens with zero attached hydrogens (tertiary/aromatic N) is 1. The molecule has 1 aromatic carbocycles. The van der Waals surface area contributed by atoms with Gasteiger partial charge in [0.05, 0.1) is 6.04 Å². The molecule has 0 spiro atoms. The molecular formula is C18H27N3O3. The van der Waals surface area contributed by atoms with E-state index < -0.39 is 12.1 Å². The van der Waals surface area contributed by atoms with E-state index in [0.717, 1.165) is 12.0 Å². The van der Waals surface area contributed by atoms with Gasteiger partial charge >= 0.3 is 6.09 Å². The fraction of sp³-hybridized carbons (Fsp3) is 0.556. The zero-order chi connectivity index (χ0) is 17.5. The maximum absolute atomic E-state index is 12.2. The van der Waals surface area contributed by atoms with Crippen LogP contribution in [0.1, 0.15) is 25.8 Å². The van der Waals surface area contributed by atoms with Gasteiger partial charge in [0, 0.05) is 19.6 Å². The van der Waals surface area contributed by atoms with Crippen LogP contribution in [0, 0.1) is 11.8 Å². The number of hydrogen-bond acceptors (Lipinski definition) is 4. The molecule has 0 aliphatic carbocycles. The number of rotatable bonds is 6. The molecule has 1 saturated heterocycles. The summed E-state index contributed by atoms with van der Waals surface area (Å²) in [4.78, 5) is 25.8. The number of likely N-dealkylation sites (tertiary alicyclic amines) is 1. The summed E-state index contributed by atoms with van der Waals surface area (Å²) in [7, 11) is 0. The molecule has 0 saturated carbocycles. The smallest absolute Gasteiger partial charge is 0.407 e. The molecule has 1 aliphatic heterocycles. The molecule has 2 atom stereocenters. The fourth-order valence-electron chi connectivity index (χ4n) is 2.70. The number of benzene rings is 1. The van der Waals surface area contributed by atoms with Gasteiger partial charge < -0.3 is 20.7 Å². The summed E-state index contributed by atoms with van der Waals surface area (Å²) in [5.74, 6) is 0.374. The number of nitrogens with one attached hydrogen (secondary N) is 1. The van der Waals surface area contributed by atoms with E-state index in [2.05, 4.69) is 5.32 Å². The molecular weight excluding hydrogens is 306 g/mol. The van der Waals surface area contributed by atoms with Gasteiger partial charge in [0.25, 0.3) is 0 Å². The lowest BCUT2D eigenvalue weighted by atomic mass is 10.0. The standard InChI is InChI=1S/C18H27N3O3/c1-13(2)16(19)17(22)21-9-8-15(11-21)10-20-18(23)24-12-14-6-4-3-5-7-14/h3-7,13,15-16H,8-12,19H2,1-2H3,(H,20,23)/t15-,16-/m0/s1. The van der Waals surface area contributed by atoms with Crippen molar-refractivity contribution in [2.24, 2.45) is 17.6 Å². The van der Waals surface area contributed by atoms with Crippen LogP contribution in [0.4, 0.5) is 4.79 Å². The van der Waals surface area contributed by atoms with Crippen LogP contribution in [0.15, 0.2) is 30.3 Å². The van der Waals surface area contributed by atoms with E-state index in [1.807, 2.05) is 44.2 Å². The van der Waals surface area contributed by atoms with Gasteiger partial charge in [-0.2, -0.15) is 0 Å². The van der Waals surface area contributed by atoms with Crippen LogP contribution in [-0.4, -0.2) is 42.6 Å². The van der Waals surface area contributed by atoms with Crippen LogP contribution in [0.5, 0.6) is 0 Å². The van der Waals surface area contributed by atoms with E-state index in [9.17, 15) is 9.59 Å². The topological polar surface area (TPSA) is 84.7 Å². The molecule has 1 aliphatic rings. The zero-order valence-corrected chi connectivity index (χ0v) is 14.4. The zero-order valence-electron chi connectivity index (χ0n) is 14.4. The van der Waals surface area contributed by atoms with Gasteiger partial charge in [-0.05, 0) is 23.8 Å². The molecule has 24 heavy (non-hydrogen) atoms. The normalized spacial score (nSPS) is 18.5.